The Bertz CT molecular complexity index is 1870. The Balaban J connectivity index is 0.825. The fourth-order valence-electron chi connectivity index (χ4n) is 8.29. The Kier molecular flexibility index (Phi) is 11.4. The van der Waals surface area contributed by atoms with E-state index in [9.17, 15) is 19.5 Å². The number of nitrogens with one attached hydrogen (secondary N) is 1. The molecule has 0 radical (unpaired) electrons. The maximum absolute atomic E-state index is 13.0. The summed E-state index contributed by atoms with van der Waals surface area (Å²) in [6.07, 6.45) is 5.87. The second-order valence-electron chi connectivity index (χ2n) is 14.7. The highest BCUT2D eigenvalue weighted by molar-refractivity contribution is 6.03. The maximum atomic E-state index is 13.0. The third kappa shape index (κ3) is 8.57. The summed E-state index contributed by atoms with van der Waals surface area (Å²) < 4.78 is 6.17. The van der Waals surface area contributed by atoms with Crippen molar-refractivity contribution < 1.29 is 24.2 Å². The highest BCUT2D eigenvalue weighted by atomic mass is 16.5. The summed E-state index contributed by atoms with van der Waals surface area (Å²) in [5, 5.41) is 12.5. The number of unbranched alkanes of at least 4 members (excludes halogenated alkanes) is 2. The third-order valence-corrected chi connectivity index (χ3v) is 11.3. The van der Waals surface area contributed by atoms with Crippen LogP contribution in [-0.4, -0.2) is 85.0 Å². The molecule has 0 bridgehead atoms. The topological polar surface area (TPSA) is 102 Å². The van der Waals surface area contributed by atoms with E-state index in [1.165, 1.54) is 27.2 Å². The molecule has 3 atom stereocenters. The fraction of sp³-hybridized carbons (Fsp3) is 0.386. The molecule has 7 rings (SSSR count). The van der Waals surface area contributed by atoms with Gasteiger partial charge in [-0.1, -0.05) is 48.5 Å². The predicted molar refractivity (Wildman–Crippen MR) is 207 cm³/mol. The van der Waals surface area contributed by atoms with Crippen molar-refractivity contribution in [2.45, 2.75) is 62.8 Å². The number of anilines is 1. The van der Waals surface area contributed by atoms with Crippen LogP contribution in [0.25, 0.3) is 0 Å². The van der Waals surface area contributed by atoms with Gasteiger partial charge in [-0.15, -0.1) is 0 Å². The van der Waals surface area contributed by atoms with Gasteiger partial charge in [0.05, 0.1) is 6.61 Å². The van der Waals surface area contributed by atoms with Crippen LogP contribution in [0, 0.1) is 0 Å². The van der Waals surface area contributed by atoms with Crippen LogP contribution in [0.2, 0.25) is 0 Å². The van der Waals surface area contributed by atoms with Gasteiger partial charge < -0.3 is 19.6 Å². The number of fused-ring (bicyclic) bond motifs is 1. The summed E-state index contributed by atoms with van der Waals surface area (Å²) >= 11 is 0. The predicted octanol–water partition coefficient (Wildman–Crippen LogP) is 6.50. The number of ether oxygens (including phenoxy) is 1. The molecular formula is C44H50N4O5. The van der Waals surface area contributed by atoms with Gasteiger partial charge in [0.1, 0.15) is 17.5 Å². The Labute approximate surface area is 312 Å². The van der Waals surface area contributed by atoms with E-state index in [1.54, 1.807) is 7.05 Å². The van der Waals surface area contributed by atoms with Gasteiger partial charge in [0, 0.05) is 56.8 Å². The first-order valence-electron chi connectivity index (χ1n) is 19.1. The smallest absolute Gasteiger partial charge is 0.254 e. The molecular weight excluding hydrogens is 665 g/mol. The van der Waals surface area contributed by atoms with Crippen molar-refractivity contribution in [3.8, 4) is 11.5 Å². The molecule has 0 spiro atoms. The zero-order chi connectivity index (χ0) is 36.7. The third-order valence-electron chi connectivity index (χ3n) is 11.3. The molecule has 53 heavy (non-hydrogen) atoms. The number of aromatic hydroxyl groups is 1. The van der Waals surface area contributed by atoms with Crippen molar-refractivity contribution in [2.24, 2.45) is 0 Å². The van der Waals surface area contributed by atoms with Crippen LogP contribution >= 0.6 is 0 Å². The van der Waals surface area contributed by atoms with Gasteiger partial charge in [-0.3, -0.25) is 24.6 Å². The molecule has 1 unspecified atom stereocenters. The number of amides is 3. The van der Waals surface area contributed by atoms with Gasteiger partial charge in [-0.25, -0.2) is 0 Å². The molecule has 9 heteroatoms. The van der Waals surface area contributed by atoms with Gasteiger partial charge in [0.2, 0.25) is 11.8 Å². The highest BCUT2D eigenvalue weighted by Crippen LogP contribution is 2.47. The van der Waals surface area contributed by atoms with Crippen LogP contribution in [-0.2, 0) is 16.0 Å². The summed E-state index contributed by atoms with van der Waals surface area (Å²) in [4.78, 5) is 43.0. The zero-order valence-electron chi connectivity index (χ0n) is 30.6. The van der Waals surface area contributed by atoms with Crippen molar-refractivity contribution >= 4 is 23.4 Å². The number of hydrogen-bond acceptors (Lipinski definition) is 7. The van der Waals surface area contributed by atoms with E-state index in [0.717, 1.165) is 76.3 Å². The molecule has 2 saturated heterocycles. The van der Waals surface area contributed by atoms with Crippen molar-refractivity contribution in [3.05, 3.63) is 125 Å². The average molecular weight is 715 g/mol. The first-order valence-corrected chi connectivity index (χ1v) is 19.1. The number of phenolic OH excluding ortho intramolecular Hbond substituents is 1. The van der Waals surface area contributed by atoms with Crippen molar-refractivity contribution in [1.29, 1.82) is 0 Å². The van der Waals surface area contributed by atoms with E-state index < -0.39 is 11.9 Å². The summed E-state index contributed by atoms with van der Waals surface area (Å²) in [5.74, 6) is 0.931. The lowest BCUT2D eigenvalue weighted by atomic mass is 9.69. The summed E-state index contributed by atoms with van der Waals surface area (Å²) in [6.45, 7) is 5.64. The molecule has 4 aromatic rings. The molecule has 2 fully saturated rings. The maximum Gasteiger partial charge on any atom is 0.254 e. The second-order valence-corrected chi connectivity index (χ2v) is 14.7. The van der Waals surface area contributed by atoms with Gasteiger partial charge in [-0.05, 0) is 122 Å². The SMILES string of the molecule is CN(C(=O)c1ccc(N2CCN(CCCCCOc3ccc([C@@H]4c5ccc(O)cc5CC[C@@H]4c4ccccc4)cc3)CC2)cc1)C1CCC(=O)NC1=O. The first kappa shape index (κ1) is 36.2. The van der Waals surface area contributed by atoms with E-state index in [4.69, 9.17) is 4.74 Å². The number of phenols is 1. The monoisotopic (exact) mass is 714 g/mol. The number of imide groups is 1. The van der Waals surface area contributed by atoms with Crippen LogP contribution in [0.15, 0.2) is 97.1 Å². The molecule has 2 aliphatic heterocycles. The van der Waals surface area contributed by atoms with E-state index in [1.807, 2.05) is 36.4 Å². The minimum atomic E-state index is -0.629. The van der Waals surface area contributed by atoms with Gasteiger partial charge in [-0.2, -0.15) is 0 Å². The highest BCUT2D eigenvalue weighted by Gasteiger charge is 2.33. The summed E-state index contributed by atoms with van der Waals surface area (Å²) in [6, 6.07) is 32.3. The second kappa shape index (κ2) is 16.7. The van der Waals surface area contributed by atoms with Crippen molar-refractivity contribution in [1.82, 2.24) is 15.1 Å². The number of likely N-dealkylation sites (N-methyl/N-ethyl adjacent to an activating group) is 1. The quantitative estimate of drug-likeness (QED) is 0.128. The molecule has 9 nitrogen and oxygen atoms in total. The number of aryl methyl sites for hydroxylation is 1. The zero-order valence-corrected chi connectivity index (χ0v) is 30.6. The fourth-order valence-corrected chi connectivity index (χ4v) is 8.29. The Morgan fingerprint density at radius 3 is 2.32 bits per heavy atom. The largest absolute Gasteiger partial charge is 0.508 e. The lowest BCUT2D eigenvalue weighted by molar-refractivity contribution is -0.136. The minimum absolute atomic E-state index is 0.222. The van der Waals surface area contributed by atoms with Crippen LogP contribution < -0.4 is 15.0 Å². The molecule has 3 aliphatic rings. The number of piperazine rings is 1. The number of carbonyl (C=O) groups is 3. The number of rotatable bonds is 12. The van der Waals surface area contributed by atoms with Crippen LogP contribution in [0.4, 0.5) is 5.69 Å². The standard InChI is InChI=1S/C44H50N4O5/c1-46(40-22-23-41(50)45-43(40)51)44(52)33-10-15-35(16-11-33)48-27-25-47(26-28-48)24-6-3-7-29-53-37-18-12-32(13-19-37)42-38(31-8-4-2-5-9-31)20-14-34-30-36(49)17-21-39(34)42/h2,4-5,8-13,15-19,21,30,38,40,42,49H,3,6-7,14,20,22-29H2,1H3,(H,45,50,51)/t38-,40?,42+/m1/s1. The summed E-state index contributed by atoms with van der Waals surface area (Å²) in [7, 11) is 1.62. The molecule has 1 aliphatic carbocycles. The van der Waals surface area contributed by atoms with Gasteiger partial charge in [0.25, 0.3) is 5.91 Å². The van der Waals surface area contributed by atoms with Crippen molar-refractivity contribution in [2.75, 3.05) is 51.3 Å². The molecule has 2 heterocycles. The molecule has 276 valence electrons. The Morgan fingerprint density at radius 2 is 1.58 bits per heavy atom. The lowest BCUT2D eigenvalue weighted by Crippen LogP contribution is -2.52. The van der Waals surface area contributed by atoms with Crippen LogP contribution in [0.3, 0.4) is 0 Å². The number of piperidine rings is 1. The average Bonchev–Trinajstić information content (AvgIpc) is 3.19. The van der Waals surface area contributed by atoms with E-state index >= 15 is 0 Å². The molecule has 4 aromatic carbocycles. The van der Waals surface area contributed by atoms with Crippen molar-refractivity contribution in [3.63, 3.8) is 0 Å². The number of hydrogen-bond donors (Lipinski definition) is 2. The van der Waals surface area contributed by atoms with E-state index in [-0.39, 0.29) is 24.2 Å². The van der Waals surface area contributed by atoms with Crippen LogP contribution in [0.5, 0.6) is 11.5 Å². The molecule has 0 aromatic heterocycles. The van der Waals surface area contributed by atoms with E-state index in [2.05, 4.69) is 75.8 Å². The molecule has 0 saturated carbocycles. The summed E-state index contributed by atoms with van der Waals surface area (Å²) in [5.41, 5.74) is 6.80. The van der Waals surface area contributed by atoms with Gasteiger partial charge >= 0.3 is 0 Å². The number of nitrogens with zero attached hydrogens (tertiary/aromatic N) is 3. The van der Waals surface area contributed by atoms with Gasteiger partial charge in [0.15, 0.2) is 0 Å². The van der Waals surface area contributed by atoms with Crippen LogP contribution in [0.1, 0.15) is 83.0 Å². The Morgan fingerprint density at radius 1 is 0.830 bits per heavy atom. The first-order chi connectivity index (χ1) is 25.8. The molecule has 2 N–H and O–H groups in total. The molecule has 3 amide bonds. The lowest BCUT2D eigenvalue weighted by Gasteiger charge is -2.36. The number of carbonyl (C=O) groups excluding carboxylic acids is 3. The minimum Gasteiger partial charge on any atom is -0.508 e. The Hall–Kier alpha value is -5.15. The normalized spacial score (nSPS) is 20.4. The van der Waals surface area contributed by atoms with E-state index in [0.29, 0.717) is 30.3 Å². The number of benzene rings is 4.